The molecule has 2 rings (SSSR count). The summed E-state index contributed by atoms with van der Waals surface area (Å²) in [7, 11) is 0. The first-order valence-corrected chi connectivity index (χ1v) is 7.61. The fourth-order valence-corrected chi connectivity index (χ4v) is 4.20. The molecule has 3 heteroatoms. The molecule has 1 saturated heterocycles. The molecule has 15 heavy (non-hydrogen) atoms. The van der Waals surface area contributed by atoms with Crippen LogP contribution >= 0.6 is 23.1 Å². The van der Waals surface area contributed by atoms with Crippen molar-refractivity contribution in [1.82, 2.24) is 5.32 Å². The summed E-state index contributed by atoms with van der Waals surface area (Å²) in [5, 5.41) is 6.70. The molecule has 0 aromatic carbocycles. The second-order valence-corrected chi connectivity index (χ2v) is 6.57. The van der Waals surface area contributed by atoms with Crippen molar-refractivity contribution in [3.8, 4) is 0 Å². The first kappa shape index (κ1) is 11.5. The molecule has 1 aromatic heterocycles. The monoisotopic (exact) mass is 241 g/mol. The molecule has 3 unspecified atom stereocenters. The van der Waals surface area contributed by atoms with Gasteiger partial charge in [-0.2, -0.15) is 11.8 Å². The molecule has 0 saturated carbocycles. The van der Waals surface area contributed by atoms with Gasteiger partial charge in [0, 0.05) is 22.2 Å². The van der Waals surface area contributed by atoms with Crippen molar-refractivity contribution in [2.24, 2.45) is 0 Å². The van der Waals surface area contributed by atoms with Crippen LogP contribution < -0.4 is 5.32 Å². The summed E-state index contributed by atoms with van der Waals surface area (Å²) in [5.74, 6) is 1.35. The highest BCUT2D eigenvalue weighted by Gasteiger charge is 2.23. The predicted octanol–water partition coefficient (Wildman–Crippen LogP) is 3.68. The number of nitrogens with one attached hydrogen (secondary N) is 1. The molecule has 0 aliphatic carbocycles. The Morgan fingerprint density at radius 3 is 2.93 bits per heavy atom. The highest BCUT2D eigenvalue weighted by atomic mass is 32.2. The van der Waals surface area contributed by atoms with E-state index in [9.17, 15) is 0 Å². The number of thiophene rings is 1. The molecule has 84 valence electrons. The van der Waals surface area contributed by atoms with Gasteiger partial charge in [0.1, 0.15) is 0 Å². The van der Waals surface area contributed by atoms with E-state index in [0.717, 1.165) is 5.25 Å². The van der Waals surface area contributed by atoms with E-state index in [1.54, 1.807) is 0 Å². The summed E-state index contributed by atoms with van der Waals surface area (Å²) in [5.41, 5.74) is 0. The number of thioether (sulfide) groups is 1. The molecule has 1 aliphatic heterocycles. The minimum absolute atomic E-state index is 0.501. The molecular formula is C12H19NS2. The second-order valence-electron chi connectivity index (χ2n) is 4.24. The topological polar surface area (TPSA) is 12.0 Å². The Balaban J connectivity index is 1.85. The molecule has 1 fully saturated rings. The van der Waals surface area contributed by atoms with E-state index >= 15 is 0 Å². The first-order valence-electron chi connectivity index (χ1n) is 5.68. The molecule has 1 aliphatic rings. The second kappa shape index (κ2) is 5.37. The Morgan fingerprint density at radius 2 is 2.33 bits per heavy atom. The van der Waals surface area contributed by atoms with Gasteiger partial charge in [0.15, 0.2) is 0 Å². The van der Waals surface area contributed by atoms with Crippen LogP contribution in [0, 0.1) is 0 Å². The Labute approximate surface area is 101 Å². The van der Waals surface area contributed by atoms with Crippen molar-refractivity contribution < 1.29 is 0 Å². The van der Waals surface area contributed by atoms with Gasteiger partial charge in [-0.05, 0) is 43.9 Å². The van der Waals surface area contributed by atoms with Crippen molar-refractivity contribution in [3.63, 3.8) is 0 Å². The maximum atomic E-state index is 3.71. The van der Waals surface area contributed by atoms with E-state index in [1.165, 1.54) is 23.5 Å². The van der Waals surface area contributed by atoms with E-state index < -0.39 is 0 Å². The van der Waals surface area contributed by atoms with Gasteiger partial charge in [0.2, 0.25) is 0 Å². The fraction of sp³-hybridized carbons (Fsp3) is 0.667. The molecule has 1 aromatic rings. The quantitative estimate of drug-likeness (QED) is 0.863. The van der Waals surface area contributed by atoms with Crippen LogP contribution in [0.5, 0.6) is 0 Å². The van der Waals surface area contributed by atoms with Gasteiger partial charge in [-0.1, -0.05) is 6.07 Å². The van der Waals surface area contributed by atoms with Crippen molar-refractivity contribution in [3.05, 3.63) is 22.4 Å². The van der Waals surface area contributed by atoms with Gasteiger partial charge in [-0.25, -0.2) is 0 Å². The molecule has 0 radical (unpaired) electrons. The van der Waals surface area contributed by atoms with Crippen LogP contribution in [0.4, 0.5) is 0 Å². The highest BCUT2D eigenvalue weighted by molar-refractivity contribution is 8.00. The minimum atomic E-state index is 0.501. The van der Waals surface area contributed by atoms with Crippen molar-refractivity contribution >= 4 is 23.1 Å². The summed E-state index contributed by atoms with van der Waals surface area (Å²) in [4.78, 5) is 1.45. The SMILES string of the molecule is CC(NC(C)C1CCCS1)c1cccs1. The Morgan fingerprint density at radius 1 is 1.47 bits per heavy atom. The Hall–Kier alpha value is 0.01000. The van der Waals surface area contributed by atoms with Gasteiger partial charge in [0.05, 0.1) is 0 Å². The van der Waals surface area contributed by atoms with Crippen LogP contribution in [0.25, 0.3) is 0 Å². The molecule has 0 bridgehead atoms. The predicted molar refractivity (Wildman–Crippen MR) is 70.8 cm³/mol. The lowest BCUT2D eigenvalue weighted by atomic mass is 10.1. The van der Waals surface area contributed by atoms with E-state index in [-0.39, 0.29) is 0 Å². The van der Waals surface area contributed by atoms with Crippen LogP contribution in [-0.4, -0.2) is 17.0 Å². The minimum Gasteiger partial charge on any atom is -0.306 e. The average Bonchev–Trinajstić information content (AvgIpc) is 2.91. The molecule has 0 spiro atoms. The van der Waals surface area contributed by atoms with Crippen LogP contribution in [0.15, 0.2) is 17.5 Å². The van der Waals surface area contributed by atoms with Crippen molar-refractivity contribution in [2.75, 3.05) is 5.75 Å². The smallest absolute Gasteiger partial charge is 0.0388 e. The lowest BCUT2D eigenvalue weighted by Crippen LogP contribution is -2.35. The van der Waals surface area contributed by atoms with Gasteiger partial charge >= 0.3 is 0 Å². The van der Waals surface area contributed by atoms with Crippen molar-refractivity contribution in [1.29, 1.82) is 0 Å². The molecule has 1 nitrogen and oxygen atoms in total. The normalized spacial score (nSPS) is 25.3. The van der Waals surface area contributed by atoms with Gasteiger partial charge in [-0.15, -0.1) is 11.3 Å². The zero-order valence-corrected chi connectivity index (χ0v) is 11.0. The zero-order valence-electron chi connectivity index (χ0n) is 9.40. The molecule has 2 heterocycles. The Bertz CT molecular complexity index is 278. The molecule has 0 amide bonds. The van der Waals surface area contributed by atoms with Crippen molar-refractivity contribution in [2.45, 2.75) is 44.0 Å². The molecule has 3 atom stereocenters. The molecule has 1 N–H and O–H groups in total. The first-order chi connectivity index (χ1) is 7.27. The van der Waals surface area contributed by atoms with E-state index in [4.69, 9.17) is 0 Å². The standard InChI is InChI=1S/C12H19NS2/c1-9(11-5-3-7-14-11)13-10(2)12-6-4-8-15-12/h3,5,7,9-10,12-13H,4,6,8H2,1-2H3. The number of rotatable bonds is 4. The van der Waals surface area contributed by atoms with E-state index in [0.29, 0.717) is 12.1 Å². The van der Waals surface area contributed by atoms with Gasteiger partial charge < -0.3 is 5.32 Å². The largest absolute Gasteiger partial charge is 0.306 e. The van der Waals surface area contributed by atoms with Gasteiger partial charge in [-0.3, -0.25) is 0 Å². The lowest BCUT2D eigenvalue weighted by molar-refractivity contribution is 0.464. The summed E-state index contributed by atoms with van der Waals surface area (Å²) < 4.78 is 0. The van der Waals surface area contributed by atoms with E-state index in [1.807, 2.05) is 11.3 Å². The average molecular weight is 241 g/mol. The Kier molecular flexibility index (Phi) is 4.12. The zero-order chi connectivity index (χ0) is 10.7. The number of hydrogen-bond acceptors (Lipinski definition) is 3. The van der Waals surface area contributed by atoms with Gasteiger partial charge in [0.25, 0.3) is 0 Å². The van der Waals surface area contributed by atoms with Crippen LogP contribution in [0.1, 0.15) is 37.6 Å². The summed E-state index contributed by atoms with van der Waals surface area (Å²) >= 11 is 3.98. The summed E-state index contributed by atoms with van der Waals surface area (Å²) in [6, 6.07) is 5.49. The van der Waals surface area contributed by atoms with Crippen LogP contribution in [0.3, 0.4) is 0 Å². The maximum Gasteiger partial charge on any atom is 0.0388 e. The van der Waals surface area contributed by atoms with Crippen LogP contribution in [0.2, 0.25) is 0 Å². The highest BCUT2D eigenvalue weighted by Crippen LogP contribution is 2.30. The third kappa shape index (κ3) is 2.99. The molecular weight excluding hydrogens is 222 g/mol. The number of hydrogen-bond donors (Lipinski definition) is 1. The fourth-order valence-electron chi connectivity index (χ4n) is 2.12. The summed E-state index contributed by atoms with van der Waals surface area (Å²) in [6.45, 7) is 4.59. The summed E-state index contributed by atoms with van der Waals surface area (Å²) in [6.07, 6.45) is 2.78. The van der Waals surface area contributed by atoms with Crippen LogP contribution in [-0.2, 0) is 0 Å². The third-order valence-corrected chi connectivity index (χ3v) is 5.66. The lowest BCUT2D eigenvalue weighted by Gasteiger charge is -2.23. The maximum absolute atomic E-state index is 3.71. The van der Waals surface area contributed by atoms with E-state index in [2.05, 4.69) is 48.4 Å². The third-order valence-electron chi connectivity index (χ3n) is 3.01.